The third-order valence-corrected chi connectivity index (χ3v) is 4.80. The maximum Gasteiger partial charge on any atom is 0.236 e. The van der Waals surface area contributed by atoms with Crippen molar-refractivity contribution in [1.29, 1.82) is 0 Å². The lowest BCUT2D eigenvalue weighted by Crippen LogP contribution is -2.07. The summed E-state index contributed by atoms with van der Waals surface area (Å²) in [5, 5.41) is 5.48. The Labute approximate surface area is 167 Å². The molecule has 0 aliphatic heterocycles. The highest BCUT2D eigenvalue weighted by atomic mass is 35.5. The SMILES string of the molecule is COc1cccc(CNc2nc(-n3ccnc3)ncc2-c2cccs2)c1.Cl. The van der Waals surface area contributed by atoms with Crippen LogP contribution in [0, 0.1) is 0 Å². The van der Waals surface area contributed by atoms with E-state index in [-0.39, 0.29) is 12.4 Å². The van der Waals surface area contributed by atoms with Crippen LogP contribution in [0.4, 0.5) is 5.82 Å². The summed E-state index contributed by atoms with van der Waals surface area (Å²) >= 11 is 1.66. The van der Waals surface area contributed by atoms with E-state index in [0.29, 0.717) is 12.5 Å². The van der Waals surface area contributed by atoms with E-state index in [4.69, 9.17) is 9.72 Å². The van der Waals surface area contributed by atoms with E-state index in [2.05, 4.69) is 27.4 Å². The highest BCUT2D eigenvalue weighted by molar-refractivity contribution is 7.13. The van der Waals surface area contributed by atoms with Crippen molar-refractivity contribution in [2.45, 2.75) is 6.54 Å². The standard InChI is InChI=1S/C19H17N5OS.ClH/c1-25-15-5-2-4-14(10-15)11-21-18-16(17-6-3-9-26-17)12-22-19(23-18)24-8-7-20-13-24;/h2-10,12-13H,11H2,1H3,(H,21,22,23);1H. The van der Waals surface area contributed by atoms with Gasteiger partial charge in [-0.25, -0.2) is 9.97 Å². The van der Waals surface area contributed by atoms with Gasteiger partial charge in [0.2, 0.25) is 5.95 Å². The Kier molecular flexibility index (Phi) is 6.05. The van der Waals surface area contributed by atoms with E-state index < -0.39 is 0 Å². The number of nitrogens with one attached hydrogen (secondary N) is 1. The summed E-state index contributed by atoms with van der Waals surface area (Å²) in [6, 6.07) is 12.1. The monoisotopic (exact) mass is 399 g/mol. The zero-order chi connectivity index (χ0) is 17.8. The van der Waals surface area contributed by atoms with E-state index in [9.17, 15) is 0 Å². The lowest BCUT2D eigenvalue weighted by Gasteiger charge is -2.12. The molecule has 138 valence electrons. The fraction of sp³-hybridized carbons (Fsp3) is 0.105. The van der Waals surface area contributed by atoms with Crippen molar-refractivity contribution >= 4 is 29.6 Å². The number of ether oxygens (including phenoxy) is 1. The van der Waals surface area contributed by atoms with Gasteiger partial charge in [-0.2, -0.15) is 4.98 Å². The summed E-state index contributed by atoms with van der Waals surface area (Å²) in [4.78, 5) is 14.4. The molecule has 6 nitrogen and oxygen atoms in total. The van der Waals surface area contributed by atoms with Gasteiger partial charge in [-0.3, -0.25) is 4.57 Å². The number of halogens is 1. The number of methoxy groups -OCH3 is 1. The number of hydrogen-bond donors (Lipinski definition) is 1. The number of nitrogens with zero attached hydrogens (tertiary/aromatic N) is 4. The van der Waals surface area contributed by atoms with Crippen molar-refractivity contribution < 1.29 is 4.74 Å². The fourth-order valence-corrected chi connectivity index (χ4v) is 3.33. The molecule has 0 radical (unpaired) electrons. The average molecular weight is 400 g/mol. The van der Waals surface area contributed by atoms with Gasteiger partial charge in [-0.1, -0.05) is 18.2 Å². The number of rotatable bonds is 6. The highest BCUT2D eigenvalue weighted by Gasteiger charge is 2.11. The normalized spacial score (nSPS) is 10.3. The molecule has 1 N–H and O–H groups in total. The summed E-state index contributed by atoms with van der Waals surface area (Å²) in [7, 11) is 1.67. The van der Waals surface area contributed by atoms with Gasteiger partial charge in [0, 0.05) is 30.0 Å². The zero-order valence-electron chi connectivity index (χ0n) is 14.6. The van der Waals surface area contributed by atoms with Crippen molar-refractivity contribution in [2.24, 2.45) is 0 Å². The van der Waals surface area contributed by atoms with Crippen LogP contribution in [0.3, 0.4) is 0 Å². The summed E-state index contributed by atoms with van der Waals surface area (Å²) in [5.74, 6) is 2.20. The molecule has 3 heterocycles. The molecule has 1 aromatic carbocycles. The van der Waals surface area contributed by atoms with Crippen LogP contribution in [-0.4, -0.2) is 26.6 Å². The van der Waals surface area contributed by atoms with E-state index in [0.717, 1.165) is 27.6 Å². The fourth-order valence-electron chi connectivity index (χ4n) is 2.59. The summed E-state index contributed by atoms with van der Waals surface area (Å²) < 4.78 is 7.08. The number of thiophene rings is 1. The molecule has 4 rings (SSSR count). The van der Waals surface area contributed by atoms with E-state index in [1.165, 1.54) is 0 Å². The first-order chi connectivity index (χ1) is 12.8. The van der Waals surface area contributed by atoms with Crippen LogP contribution in [0.5, 0.6) is 5.75 Å². The van der Waals surface area contributed by atoms with Crippen LogP contribution in [0.1, 0.15) is 5.56 Å². The number of hydrogen-bond acceptors (Lipinski definition) is 6. The van der Waals surface area contributed by atoms with Crippen LogP contribution >= 0.6 is 23.7 Å². The Hall–Kier alpha value is -2.90. The summed E-state index contributed by atoms with van der Waals surface area (Å²) in [6.45, 7) is 0.635. The predicted octanol–water partition coefficient (Wildman–Crippen LogP) is 4.43. The van der Waals surface area contributed by atoms with Gasteiger partial charge in [0.15, 0.2) is 0 Å². The number of benzene rings is 1. The second-order valence-corrected chi connectivity index (χ2v) is 6.53. The molecule has 4 aromatic rings. The Balaban J connectivity index is 0.00000210. The lowest BCUT2D eigenvalue weighted by atomic mass is 10.2. The van der Waals surface area contributed by atoms with Crippen LogP contribution < -0.4 is 10.1 Å². The van der Waals surface area contributed by atoms with Crippen molar-refractivity contribution in [3.8, 4) is 22.1 Å². The van der Waals surface area contributed by atoms with Gasteiger partial charge in [0.05, 0.1) is 12.7 Å². The quantitative estimate of drug-likeness (QED) is 0.519. The first-order valence-electron chi connectivity index (χ1n) is 8.09. The van der Waals surface area contributed by atoms with Crippen molar-refractivity contribution in [1.82, 2.24) is 19.5 Å². The van der Waals surface area contributed by atoms with Crippen LogP contribution in [0.15, 0.2) is 66.7 Å². The second-order valence-electron chi connectivity index (χ2n) is 5.58. The molecule has 0 saturated carbocycles. The maximum atomic E-state index is 5.30. The van der Waals surface area contributed by atoms with Crippen molar-refractivity contribution in [3.05, 3.63) is 72.3 Å². The molecular weight excluding hydrogens is 382 g/mol. The van der Waals surface area contributed by atoms with E-state index in [1.807, 2.05) is 42.0 Å². The van der Waals surface area contributed by atoms with Crippen LogP contribution in [-0.2, 0) is 6.54 Å². The molecule has 0 atom stereocenters. The molecule has 0 amide bonds. The van der Waals surface area contributed by atoms with Crippen LogP contribution in [0.2, 0.25) is 0 Å². The Morgan fingerprint density at radius 3 is 2.89 bits per heavy atom. The molecule has 0 aliphatic rings. The summed E-state index contributed by atoms with van der Waals surface area (Å²) in [5.41, 5.74) is 2.09. The van der Waals surface area contributed by atoms with Gasteiger partial charge in [0.25, 0.3) is 0 Å². The van der Waals surface area contributed by atoms with Gasteiger partial charge in [0.1, 0.15) is 17.9 Å². The Morgan fingerprint density at radius 2 is 2.15 bits per heavy atom. The average Bonchev–Trinajstić information content (AvgIpc) is 3.40. The van der Waals surface area contributed by atoms with Crippen molar-refractivity contribution in [3.63, 3.8) is 0 Å². The smallest absolute Gasteiger partial charge is 0.236 e. The van der Waals surface area contributed by atoms with Crippen LogP contribution in [0.25, 0.3) is 16.4 Å². The summed E-state index contributed by atoms with van der Waals surface area (Å²) in [6.07, 6.45) is 7.07. The molecule has 0 unspecified atom stereocenters. The first kappa shape index (κ1) is 18.9. The largest absolute Gasteiger partial charge is 0.497 e. The van der Waals surface area contributed by atoms with Crippen molar-refractivity contribution in [2.75, 3.05) is 12.4 Å². The number of imidazole rings is 1. The van der Waals surface area contributed by atoms with Gasteiger partial charge in [-0.15, -0.1) is 23.7 Å². The Morgan fingerprint density at radius 1 is 1.22 bits per heavy atom. The molecule has 3 aromatic heterocycles. The molecule has 0 bridgehead atoms. The predicted molar refractivity (Wildman–Crippen MR) is 110 cm³/mol. The molecule has 0 spiro atoms. The number of aromatic nitrogens is 4. The van der Waals surface area contributed by atoms with E-state index >= 15 is 0 Å². The zero-order valence-corrected chi connectivity index (χ0v) is 16.2. The first-order valence-corrected chi connectivity index (χ1v) is 8.97. The Bertz CT molecular complexity index is 989. The molecule has 0 saturated heterocycles. The third-order valence-electron chi connectivity index (χ3n) is 3.89. The molecule has 0 aliphatic carbocycles. The molecule has 8 heteroatoms. The third kappa shape index (κ3) is 4.27. The minimum atomic E-state index is 0. The minimum Gasteiger partial charge on any atom is -0.497 e. The highest BCUT2D eigenvalue weighted by Crippen LogP contribution is 2.30. The molecular formula is C19H18ClN5OS. The van der Waals surface area contributed by atoms with Gasteiger partial charge in [-0.05, 0) is 29.1 Å². The van der Waals surface area contributed by atoms with Gasteiger partial charge >= 0.3 is 0 Å². The maximum absolute atomic E-state index is 5.30. The molecule has 27 heavy (non-hydrogen) atoms. The second kappa shape index (κ2) is 8.66. The minimum absolute atomic E-state index is 0. The van der Waals surface area contributed by atoms with E-state index in [1.54, 1.807) is 35.5 Å². The van der Waals surface area contributed by atoms with Gasteiger partial charge < -0.3 is 10.1 Å². The lowest BCUT2D eigenvalue weighted by molar-refractivity contribution is 0.414. The topological polar surface area (TPSA) is 64.9 Å². The molecule has 0 fully saturated rings. The number of anilines is 1.